The van der Waals surface area contributed by atoms with Crippen LogP contribution in [0.3, 0.4) is 0 Å². The fourth-order valence-corrected chi connectivity index (χ4v) is 1.95. The van der Waals surface area contributed by atoms with Gasteiger partial charge < -0.3 is 10.2 Å². The molecule has 1 heterocycles. The summed E-state index contributed by atoms with van der Waals surface area (Å²) in [6.07, 6.45) is 4.09. The molecule has 2 atom stereocenters. The summed E-state index contributed by atoms with van der Waals surface area (Å²) in [7, 11) is 4.37. The molecule has 0 saturated carbocycles. The molecule has 0 spiro atoms. The molecule has 1 aliphatic rings. The molecule has 0 aromatic rings. The Morgan fingerprint density at radius 2 is 2.00 bits per heavy atom. The Morgan fingerprint density at radius 3 is 2.67 bits per heavy atom. The average molecular weight is 170 g/mol. The summed E-state index contributed by atoms with van der Waals surface area (Å²) in [6.45, 7) is 4.77. The maximum Gasteiger partial charge on any atom is 0.00895 e. The number of rotatable bonds is 2. The van der Waals surface area contributed by atoms with Crippen molar-refractivity contribution in [3.63, 3.8) is 0 Å². The van der Waals surface area contributed by atoms with Crippen molar-refractivity contribution in [2.45, 2.75) is 32.2 Å². The average Bonchev–Trinajstić information content (AvgIpc) is 2.30. The van der Waals surface area contributed by atoms with E-state index in [1.54, 1.807) is 0 Å². The van der Waals surface area contributed by atoms with Crippen molar-refractivity contribution >= 4 is 0 Å². The topological polar surface area (TPSA) is 15.3 Å². The monoisotopic (exact) mass is 170 g/mol. The molecule has 0 radical (unpaired) electrons. The van der Waals surface area contributed by atoms with Crippen molar-refractivity contribution in [3.8, 4) is 0 Å². The minimum atomic E-state index is 0.741. The number of hydrogen-bond donors (Lipinski definition) is 1. The first-order chi connectivity index (χ1) is 5.72. The summed E-state index contributed by atoms with van der Waals surface area (Å²) < 4.78 is 0. The van der Waals surface area contributed by atoms with Gasteiger partial charge in [0.2, 0.25) is 0 Å². The van der Waals surface area contributed by atoms with Crippen LogP contribution in [0.5, 0.6) is 0 Å². The fraction of sp³-hybridized carbons (Fsp3) is 1.00. The number of hydrogen-bond acceptors (Lipinski definition) is 2. The maximum absolute atomic E-state index is 3.45. The van der Waals surface area contributed by atoms with Gasteiger partial charge in [-0.05, 0) is 59.3 Å². The van der Waals surface area contributed by atoms with Crippen molar-refractivity contribution in [1.29, 1.82) is 0 Å². The summed E-state index contributed by atoms with van der Waals surface area (Å²) >= 11 is 0. The molecule has 0 aromatic carbocycles. The van der Waals surface area contributed by atoms with Crippen molar-refractivity contribution in [3.05, 3.63) is 0 Å². The minimum absolute atomic E-state index is 0.741. The first kappa shape index (κ1) is 10.0. The van der Waals surface area contributed by atoms with E-state index in [0.717, 1.165) is 12.0 Å². The Balaban J connectivity index is 2.37. The van der Waals surface area contributed by atoms with Crippen LogP contribution in [0.1, 0.15) is 26.2 Å². The lowest BCUT2D eigenvalue weighted by Gasteiger charge is -2.28. The van der Waals surface area contributed by atoms with Crippen LogP contribution in [0.15, 0.2) is 0 Å². The molecule has 12 heavy (non-hydrogen) atoms. The lowest BCUT2D eigenvalue weighted by molar-refractivity contribution is 0.213. The van der Waals surface area contributed by atoms with Gasteiger partial charge >= 0.3 is 0 Å². The molecule has 2 nitrogen and oxygen atoms in total. The minimum Gasteiger partial charge on any atom is -0.317 e. The standard InChI is InChI=1S/C10H22N2/c1-9(12(2)3)10-5-4-7-11-8-6-10/h9-11H,4-8H2,1-3H3. The predicted octanol–water partition coefficient (Wildman–Crippen LogP) is 1.33. The molecule has 1 rings (SSSR count). The molecule has 0 aliphatic carbocycles. The Labute approximate surface area is 76.3 Å². The summed E-state index contributed by atoms with van der Waals surface area (Å²) in [5, 5.41) is 3.45. The van der Waals surface area contributed by atoms with Crippen LogP contribution in [0.2, 0.25) is 0 Å². The molecule has 0 amide bonds. The molecule has 1 aliphatic heterocycles. The van der Waals surface area contributed by atoms with Crippen molar-refractivity contribution in [1.82, 2.24) is 10.2 Å². The summed E-state index contributed by atoms with van der Waals surface area (Å²) in [6, 6.07) is 0.741. The van der Waals surface area contributed by atoms with E-state index < -0.39 is 0 Å². The van der Waals surface area contributed by atoms with E-state index in [2.05, 4.69) is 31.2 Å². The Hall–Kier alpha value is -0.0800. The van der Waals surface area contributed by atoms with Crippen LogP contribution in [-0.4, -0.2) is 38.1 Å². The van der Waals surface area contributed by atoms with Crippen molar-refractivity contribution in [2.75, 3.05) is 27.2 Å². The van der Waals surface area contributed by atoms with Gasteiger partial charge in [-0.2, -0.15) is 0 Å². The van der Waals surface area contributed by atoms with E-state index in [4.69, 9.17) is 0 Å². The van der Waals surface area contributed by atoms with Crippen LogP contribution in [0.25, 0.3) is 0 Å². The molecule has 1 saturated heterocycles. The highest BCUT2D eigenvalue weighted by Gasteiger charge is 2.19. The SMILES string of the molecule is CC(C1CCCNCC1)N(C)C. The molecule has 0 bridgehead atoms. The van der Waals surface area contributed by atoms with E-state index in [0.29, 0.717) is 0 Å². The summed E-state index contributed by atoms with van der Waals surface area (Å²) in [5.74, 6) is 0.898. The Morgan fingerprint density at radius 1 is 1.25 bits per heavy atom. The highest BCUT2D eigenvalue weighted by atomic mass is 15.1. The van der Waals surface area contributed by atoms with E-state index in [1.165, 1.54) is 32.4 Å². The third-order valence-corrected chi connectivity index (χ3v) is 3.12. The highest BCUT2D eigenvalue weighted by molar-refractivity contribution is 4.75. The van der Waals surface area contributed by atoms with Gasteiger partial charge in [-0.3, -0.25) is 0 Å². The molecular formula is C10H22N2. The summed E-state index contributed by atoms with van der Waals surface area (Å²) in [5.41, 5.74) is 0. The predicted molar refractivity (Wildman–Crippen MR) is 53.4 cm³/mol. The first-order valence-electron chi connectivity index (χ1n) is 5.09. The third-order valence-electron chi connectivity index (χ3n) is 3.12. The van der Waals surface area contributed by atoms with Gasteiger partial charge in [0, 0.05) is 6.04 Å². The van der Waals surface area contributed by atoms with Crippen molar-refractivity contribution < 1.29 is 0 Å². The molecule has 72 valence electrons. The maximum atomic E-state index is 3.45. The number of nitrogens with one attached hydrogen (secondary N) is 1. The highest BCUT2D eigenvalue weighted by Crippen LogP contribution is 2.19. The zero-order chi connectivity index (χ0) is 8.97. The van der Waals surface area contributed by atoms with Crippen LogP contribution < -0.4 is 5.32 Å². The molecule has 2 unspecified atom stereocenters. The fourth-order valence-electron chi connectivity index (χ4n) is 1.95. The van der Waals surface area contributed by atoms with Crippen LogP contribution in [-0.2, 0) is 0 Å². The zero-order valence-electron chi connectivity index (χ0n) is 8.64. The van der Waals surface area contributed by atoms with E-state index in [1.807, 2.05) is 0 Å². The van der Waals surface area contributed by atoms with Gasteiger partial charge in [-0.25, -0.2) is 0 Å². The zero-order valence-corrected chi connectivity index (χ0v) is 8.64. The molecule has 1 N–H and O–H groups in total. The van der Waals surface area contributed by atoms with Gasteiger partial charge in [-0.1, -0.05) is 0 Å². The first-order valence-corrected chi connectivity index (χ1v) is 5.09. The van der Waals surface area contributed by atoms with Gasteiger partial charge in [-0.15, -0.1) is 0 Å². The largest absolute Gasteiger partial charge is 0.317 e. The molecule has 2 heteroatoms. The Bertz CT molecular complexity index is 115. The van der Waals surface area contributed by atoms with E-state index >= 15 is 0 Å². The normalized spacial score (nSPS) is 28.5. The lowest BCUT2D eigenvalue weighted by atomic mass is 9.93. The van der Waals surface area contributed by atoms with Gasteiger partial charge in [0.15, 0.2) is 0 Å². The Kier molecular flexibility index (Phi) is 4.02. The second-order valence-electron chi connectivity index (χ2n) is 4.15. The second-order valence-corrected chi connectivity index (χ2v) is 4.15. The second kappa shape index (κ2) is 4.83. The quantitative estimate of drug-likeness (QED) is 0.672. The third kappa shape index (κ3) is 2.76. The van der Waals surface area contributed by atoms with Crippen molar-refractivity contribution in [2.24, 2.45) is 5.92 Å². The van der Waals surface area contributed by atoms with Crippen LogP contribution in [0, 0.1) is 5.92 Å². The van der Waals surface area contributed by atoms with Gasteiger partial charge in [0.05, 0.1) is 0 Å². The molecule has 1 fully saturated rings. The van der Waals surface area contributed by atoms with Gasteiger partial charge in [0.1, 0.15) is 0 Å². The van der Waals surface area contributed by atoms with E-state index in [-0.39, 0.29) is 0 Å². The van der Waals surface area contributed by atoms with Crippen LogP contribution >= 0.6 is 0 Å². The molecule has 0 aromatic heterocycles. The number of nitrogens with zero attached hydrogens (tertiary/aromatic N) is 1. The van der Waals surface area contributed by atoms with Crippen LogP contribution in [0.4, 0.5) is 0 Å². The van der Waals surface area contributed by atoms with E-state index in [9.17, 15) is 0 Å². The smallest absolute Gasteiger partial charge is 0.00895 e. The lowest BCUT2D eigenvalue weighted by Crippen LogP contribution is -2.32. The van der Waals surface area contributed by atoms with Gasteiger partial charge in [0.25, 0.3) is 0 Å². The summed E-state index contributed by atoms with van der Waals surface area (Å²) in [4.78, 5) is 2.34. The molecular weight excluding hydrogens is 148 g/mol.